The van der Waals surface area contributed by atoms with Crippen molar-refractivity contribution in [2.75, 3.05) is 10.6 Å². The van der Waals surface area contributed by atoms with E-state index in [2.05, 4.69) is 15.6 Å². The molecular formula is C20H18ClN3O2S2. The van der Waals surface area contributed by atoms with Crippen LogP contribution in [0.25, 0.3) is 0 Å². The number of nitrogens with zero attached hydrogens (tertiary/aromatic N) is 1. The molecular weight excluding hydrogens is 414 g/mol. The smallest absolute Gasteiger partial charge is 0.255 e. The number of hydrogen-bond acceptors (Lipinski definition) is 5. The van der Waals surface area contributed by atoms with Crippen LogP contribution in [0.1, 0.15) is 23.0 Å². The molecule has 2 aromatic carbocycles. The van der Waals surface area contributed by atoms with Crippen molar-refractivity contribution in [1.82, 2.24) is 4.98 Å². The van der Waals surface area contributed by atoms with Crippen LogP contribution in [0, 0.1) is 6.92 Å². The van der Waals surface area contributed by atoms with Gasteiger partial charge in [-0.3, -0.25) is 9.59 Å². The van der Waals surface area contributed by atoms with Crippen molar-refractivity contribution in [2.24, 2.45) is 0 Å². The summed E-state index contributed by atoms with van der Waals surface area (Å²) >= 11 is 8.75. The first-order valence-electron chi connectivity index (χ1n) is 8.47. The number of amides is 2. The minimum Gasteiger partial charge on any atom is -0.322 e. The molecule has 0 radical (unpaired) electrons. The van der Waals surface area contributed by atoms with Crippen LogP contribution >= 0.6 is 34.7 Å². The molecule has 144 valence electrons. The Hall–Kier alpha value is -2.35. The molecule has 1 heterocycles. The third kappa shape index (κ3) is 5.58. The molecule has 28 heavy (non-hydrogen) atoms. The van der Waals surface area contributed by atoms with Gasteiger partial charge in [-0.2, -0.15) is 0 Å². The zero-order valence-corrected chi connectivity index (χ0v) is 17.6. The fraction of sp³-hybridized carbons (Fsp3) is 0.150. The summed E-state index contributed by atoms with van der Waals surface area (Å²) in [6.07, 6.45) is 0. The van der Waals surface area contributed by atoms with E-state index in [9.17, 15) is 9.59 Å². The van der Waals surface area contributed by atoms with Gasteiger partial charge in [0.2, 0.25) is 5.91 Å². The number of rotatable bonds is 6. The molecule has 0 aliphatic carbocycles. The third-order valence-electron chi connectivity index (χ3n) is 3.71. The van der Waals surface area contributed by atoms with E-state index < -0.39 is 0 Å². The second kappa shape index (κ2) is 9.23. The molecule has 0 saturated heterocycles. The van der Waals surface area contributed by atoms with Gasteiger partial charge in [0.15, 0.2) is 5.13 Å². The van der Waals surface area contributed by atoms with Crippen molar-refractivity contribution in [3.63, 3.8) is 0 Å². The van der Waals surface area contributed by atoms with Gasteiger partial charge >= 0.3 is 0 Å². The quantitative estimate of drug-likeness (QED) is 0.507. The molecule has 0 saturated carbocycles. The summed E-state index contributed by atoms with van der Waals surface area (Å²) in [6, 6.07) is 14.1. The number of hydrogen-bond donors (Lipinski definition) is 2. The van der Waals surface area contributed by atoms with E-state index in [0.29, 0.717) is 21.4 Å². The van der Waals surface area contributed by atoms with E-state index in [0.717, 1.165) is 10.6 Å². The van der Waals surface area contributed by atoms with Gasteiger partial charge in [0.05, 0.1) is 10.9 Å². The molecule has 0 bridgehead atoms. The van der Waals surface area contributed by atoms with Gasteiger partial charge in [-0.1, -0.05) is 23.7 Å². The summed E-state index contributed by atoms with van der Waals surface area (Å²) < 4.78 is 0. The van der Waals surface area contributed by atoms with Crippen LogP contribution in [0.2, 0.25) is 5.02 Å². The van der Waals surface area contributed by atoms with Crippen molar-refractivity contribution in [3.05, 3.63) is 70.2 Å². The molecule has 2 N–H and O–H groups in total. The summed E-state index contributed by atoms with van der Waals surface area (Å²) in [6.45, 7) is 3.71. The van der Waals surface area contributed by atoms with E-state index >= 15 is 0 Å². The van der Waals surface area contributed by atoms with E-state index in [1.807, 2.05) is 37.4 Å². The Bertz CT molecular complexity index is 1010. The lowest BCUT2D eigenvalue weighted by atomic mass is 10.2. The molecule has 2 amide bonds. The molecule has 3 rings (SSSR count). The van der Waals surface area contributed by atoms with Gasteiger partial charge in [-0.05, 0) is 50.2 Å². The van der Waals surface area contributed by atoms with Gasteiger partial charge in [0.25, 0.3) is 5.91 Å². The number of thioether (sulfide) groups is 1. The number of thiazole rings is 1. The standard InChI is InChI=1S/C20H18ClN3O2S2/c1-12-11-27-20(22-12)24-18(25)13(2)28-17-8-4-7-16(10-17)23-19(26)14-5-3-6-15(21)9-14/h3-11,13H,1-2H3,(H,23,26)(H,22,24,25). The molecule has 8 heteroatoms. The Morgan fingerprint density at radius 3 is 2.64 bits per heavy atom. The molecule has 5 nitrogen and oxygen atoms in total. The van der Waals surface area contributed by atoms with Gasteiger partial charge in [0.1, 0.15) is 0 Å². The maximum absolute atomic E-state index is 12.4. The highest BCUT2D eigenvalue weighted by atomic mass is 35.5. The zero-order valence-electron chi connectivity index (χ0n) is 15.2. The minimum atomic E-state index is -0.317. The predicted octanol–water partition coefficient (Wildman–Crippen LogP) is 5.48. The SMILES string of the molecule is Cc1csc(NC(=O)C(C)Sc2cccc(NC(=O)c3cccc(Cl)c3)c2)n1. The van der Waals surface area contributed by atoms with Crippen molar-refractivity contribution < 1.29 is 9.59 Å². The fourth-order valence-electron chi connectivity index (χ4n) is 2.36. The van der Waals surface area contributed by atoms with E-state index in [1.54, 1.807) is 30.3 Å². The maximum Gasteiger partial charge on any atom is 0.255 e. The topological polar surface area (TPSA) is 71.1 Å². The third-order valence-corrected chi connectivity index (χ3v) is 5.91. The molecule has 0 aliphatic heterocycles. The maximum atomic E-state index is 12.4. The van der Waals surface area contributed by atoms with Crippen LogP contribution in [0.4, 0.5) is 10.8 Å². The van der Waals surface area contributed by atoms with E-state index in [4.69, 9.17) is 11.6 Å². The fourth-order valence-corrected chi connectivity index (χ4v) is 4.16. The summed E-state index contributed by atoms with van der Waals surface area (Å²) in [5.41, 5.74) is 2.01. The van der Waals surface area contributed by atoms with Gasteiger partial charge in [-0.15, -0.1) is 23.1 Å². The van der Waals surface area contributed by atoms with Gasteiger partial charge in [-0.25, -0.2) is 4.98 Å². The lowest BCUT2D eigenvalue weighted by Gasteiger charge is -2.12. The first-order chi connectivity index (χ1) is 13.4. The van der Waals surface area contributed by atoms with Crippen molar-refractivity contribution in [1.29, 1.82) is 0 Å². The second-order valence-corrected chi connectivity index (χ2v) is 8.74. The van der Waals surface area contributed by atoms with Crippen LogP contribution in [-0.2, 0) is 4.79 Å². The summed E-state index contributed by atoms with van der Waals surface area (Å²) in [7, 11) is 0. The van der Waals surface area contributed by atoms with E-state index in [1.165, 1.54) is 23.1 Å². The number of carbonyl (C=O) groups excluding carboxylic acids is 2. The normalized spacial score (nSPS) is 11.7. The molecule has 1 aromatic heterocycles. The minimum absolute atomic E-state index is 0.118. The largest absolute Gasteiger partial charge is 0.322 e. The van der Waals surface area contributed by atoms with Crippen LogP contribution in [0.5, 0.6) is 0 Å². The van der Waals surface area contributed by atoms with Crippen LogP contribution in [0.15, 0.2) is 58.8 Å². The Labute approximate surface area is 176 Å². The highest BCUT2D eigenvalue weighted by Crippen LogP contribution is 2.27. The zero-order chi connectivity index (χ0) is 20.1. The number of benzene rings is 2. The number of aryl methyl sites for hydroxylation is 1. The average Bonchev–Trinajstić information content (AvgIpc) is 3.06. The first-order valence-corrected chi connectivity index (χ1v) is 10.6. The second-order valence-electron chi connectivity index (χ2n) is 6.04. The average molecular weight is 432 g/mol. The first kappa shape index (κ1) is 20.4. The number of halogens is 1. The highest BCUT2D eigenvalue weighted by Gasteiger charge is 2.16. The molecule has 0 fully saturated rings. The predicted molar refractivity (Wildman–Crippen MR) is 117 cm³/mol. The van der Waals surface area contributed by atoms with Gasteiger partial charge < -0.3 is 10.6 Å². The number of carbonyl (C=O) groups is 2. The Kier molecular flexibility index (Phi) is 6.72. The molecule has 0 spiro atoms. The summed E-state index contributed by atoms with van der Waals surface area (Å²) in [5.74, 6) is -0.359. The Morgan fingerprint density at radius 1 is 1.14 bits per heavy atom. The van der Waals surface area contributed by atoms with Crippen molar-refractivity contribution in [3.8, 4) is 0 Å². The number of aromatic nitrogens is 1. The molecule has 3 aromatic rings. The van der Waals surface area contributed by atoms with Crippen LogP contribution in [-0.4, -0.2) is 22.0 Å². The van der Waals surface area contributed by atoms with Crippen molar-refractivity contribution >= 4 is 57.3 Å². The molecule has 1 unspecified atom stereocenters. The summed E-state index contributed by atoms with van der Waals surface area (Å²) in [5, 5.41) is 8.35. The number of nitrogens with one attached hydrogen (secondary N) is 2. The lowest BCUT2D eigenvalue weighted by molar-refractivity contribution is -0.115. The molecule has 0 aliphatic rings. The van der Waals surface area contributed by atoms with E-state index in [-0.39, 0.29) is 17.1 Å². The molecule has 1 atom stereocenters. The Balaban J connectivity index is 1.62. The van der Waals surface area contributed by atoms with Crippen molar-refractivity contribution in [2.45, 2.75) is 24.0 Å². The van der Waals surface area contributed by atoms with Gasteiger partial charge in [0, 0.05) is 26.5 Å². The lowest BCUT2D eigenvalue weighted by Crippen LogP contribution is -2.22. The van der Waals surface area contributed by atoms with Crippen LogP contribution in [0.3, 0.4) is 0 Å². The monoisotopic (exact) mass is 431 g/mol. The Morgan fingerprint density at radius 2 is 1.93 bits per heavy atom. The summed E-state index contributed by atoms with van der Waals surface area (Å²) in [4.78, 5) is 29.8. The van der Waals surface area contributed by atoms with Crippen LogP contribution < -0.4 is 10.6 Å². The highest BCUT2D eigenvalue weighted by molar-refractivity contribution is 8.00. The number of anilines is 2.